The number of rotatable bonds is 3. The van der Waals surface area contributed by atoms with Gasteiger partial charge in [-0.15, -0.1) is 0 Å². The Labute approximate surface area is 90.1 Å². The van der Waals surface area contributed by atoms with Gasteiger partial charge in [-0.2, -0.15) is 0 Å². The smallest absolute Gasteiger partial charge is 0.127 e. The van der Waals surface area contributed by atoms with E-state index in [2.05, 4.69) is 19.2 Å². The number of benzene rings is 1. The first-order chi connectivity index (χ1) is 7.16. The number of nitrogens with one attached hydrogen (secondary N) is 1. The third-order valence-corrected chi connectivity index (χ3v) is 2.55. The van der Waals surface area contributed by atoms with Crippen molar-refractivity contribution >= 4 is 0 Å². The Morgan fingerprint density at radius 2 is 2.33 bits per heavy atom. The van der Waals surface area contributed by atoms with Gasteiger partial charge >= 0.3 is 0 Å². The first-order valence-corrected chi connectivity index (χ1v) is 5.36. The van der Waals surface area contributed by atoms with E-state index < -0.39 is 0 Å². The van der Waals surface area contributed by atoms with Gasteiger partial charge in [-0.05, 0) is 24.6 Å². The van der Waals surface area contributed by atoms with Crippen molar-refractivity contribution in [1.82, 2.24) is 5.32 Å². The van der Waals surface area contributed by atoms with Crippen LogP contribution in [0, 0.1) is 5.92 Å². The Morgan fingerprint density at radius 1 is 1.53 bits per heavy atom. The van der Waals surface area contributed by atoms with Gasteiger partial charge in [0.05, 0.1) is 6.04 Å². The second-order valence-electron chi connectivity index (χ2n) is 4.39. The Kier molecular flexibility index (Phi) is 2.82. The average Bonchev–Trinajstić information content (AvgIpc) is 2.57. The Bertz CT molecular complexity index is 349. The topological polar surface area (TPSA) is 41.5 Å². The molecule has 15 heavy (non-hydrogen) atoms. The van der Waals surface area contributed by atoms with Gasteiger partial charge < -0.3 is 15.2 Å². The molecule has 0 saturated heterocycles. The van der Waals surface area contributed by atoms with Gasteiger partial charge in [-0.25, -0.2) is 0 Å². The lowest BCUT2D eigenvalue weighted by atomic mass is 10.1. The van der Waals surface area contributed by atoms with Crippen molar-refractivity contribution < 1.29 is 9.84 Å². The van der Waals surface area contributed by atoms with Crippen molar-refractivity contribution in [2.24, 2.45) is 5.92 Å². The molecule has 0 amide bonds. The van der Waals surface area contributed by atoms with Crippen LogP contribution in [0.1, 0.15) is 25.5 Å². The highest BCUT2D eigenvalue weighted by Gasteiger charge is 2.23. The molecule has 3 heteroatoms. The zero-order chi connectivity index (χ0) is 10.8. The lowest BCUT2D eigenvalue weighted by Crippen LogP contribution is -2.26. The third-order valence-electron chi connectivity index (χ3n) is 2.55. The molecule has 82 valence electrons. The minimum absolute atomic E-state index is 0.262. The summed E-state index contributed by atoms with van der Waals surface area (Å²) in [4.78, 5) is 0. The van der Waals surface area contributed by atoms with Crippen LogP contribution in [0.3, 0.4) is 0 Å². The summed E-state index contributed by atoms with van der Waals surface area (Å²) >= 11 is 0. The fourth-order valence-corrected chi connectivity index (χ4v) is 1.75. The molecule has 0 fully saturated rings. The quantitative estimate of drug-likeness (QED) is 0.797. The number of phenols is 1. The number of hydrogen-bond donors (Lipinski definition) is 2. The second kappa shape index (κ2) is 4.11. The van der Waals surface area contributed by atoms with Crippen LogP contribution < -0.4 is 10.1 Å². The Balaban J connectivity index is 2.08. The SMILES string of the molecule is CC(C)CNC1COc2cc(O)ccc21. The van der Waals surface area contributed by atoms with Gasteiger partial charge in [0.15, 0.2) is 0 Å². The highest BCUT2D eigenvalue weighted by molar-refractivity contribution is 5.44. The lowest BCUT2D eigenvalue weighted by Gasteiger charge is -2.13. The van der Waals surface area contributed by atoms with E-state index in [1.807, 2.05) is 6.07 Å². The lowest BCUT2D eigenvalue weighted by molar-refractivity contribution is 0.305. The molecule has 3 nitrogen and oxygen atoms in total. The van der Waals surface area contributed by atoms with E-state index in [0.29, 0.717) is 12.5 Å². The van der Waals surface area contributed by atoms with Crippen LogP contribution in [-0.2, 0) is 0 Å². The molecule has 1 aromatic carbocycles. The highest BCUT2D eigenvalue weighted by Crippen LogP contribution is 2.34. The van der Waals surface area contributed by atoms with E-state index in [1.54, 1.807) is 12.1 Å². The summed E-state index contributed by atoms with van der Waals surface area (Å²) in [7, 11) is 0. The number of fused-ring (bicyclic) bond motifs is 1. The van der Waals surface area contributed by atoms with Gasteiger partial charge in [0, 0.05) is 11.6 Å². The monoisotopic (exact) mass is 207 g/mol. The summed E-state index contributed by atoms with van der Waals surface area (Å²) in [5, 5.41) is 12.8. The van der Waals surface area contributed by atoms with Crippen molar-refractivity contribution in [2.75, 3.05) is 13.2 Å². The molecular formula is C12H17NO2. The molecule has 0 bridgehead atoms. The first-order valence-electron chi connectivity index (χ1n) is 5.36. The van der Waals surface area contributed by atoms with Crippen LogP contribution in [0.4, 0.5) is 0 Å². The van der Waals surface area contributed by atoms with Crippen LogP contribution >= 0.6 is 0 Å². The van der Waals surface area contributed by atoms with Crippen LogP contribution in [0.15, 0.2) is 18.2 Å². The van der Waals surface area contributed by atoms with E-state index in [-0.39, 0.29) is 11.8 Å². The fourth-order valence-electron chi connectivity index (χ4n) is 1.75. The van der Waals surface area contributed by atoms with Crippen LogP contribution in [0.2, 0.25) is 0 Å². The van der Waals surface area contributed by atoms with Crippen LogP contribution in [-0.4, -0.2) is 18.3 Å². The molecule has 1 aliphatic rings. The maximum atomic E-state index is 9.30. The van der Waals surface area contributed by atoms with Gasteiger partial charge in [-0.1, -0.05) is 13.8 Å². The van der Waals surface area contributed by atoms with Crippen LogP contribution in [0.5, 0.6) is 11.5 Å². The fraction of sp³-hybridized carbons (Fsp3) is 0.500. The largest absolute Gasteiger partial charge is 0.508 e. The first kappa shape index (κ1) is 10.3. The van der Waals surface area contributed by atoms with Crippen LogP contribution in [0.25, 0.3) is 0 Å². The van der Waals surface area contributed by atoms with E-state index in [9.17, 15) is 5.11 Å². The van der Waals surface area contributed by atoms with Crippen molar-refractivity contribution in [3.8, 4) is 11.5 Å². The number of ether oxygens (including phenoxy) is 1. The number of aromatic hydroxyl groups is 1. The summed E-state index contributed by atoms with van der Waals surface area (Å²) in [5.41, 5.74) is 1.15. The predicted molar refractivity (Wildman–Crippen MR) is 59.2 cm³/mol. The molecule has 1 aromatic rings. The summed E-state index contributed by atoms with van der Waals surface area (Å²) < 4.78 is 5.50. The minimum atomic E-state index is 0.262. The third kappa shape index (κ3) is 2.23. The summed E-state index contributed by atoms with van der Waals surface area (Å²) in [5.74, 6) is 1.70. The van der Waals surface area contributed by atoms with E-state index >= 15 is 0 Å². The maximum Gasteiger partial charge on any atom is 0.127 e. The van der Waals surface area contributed by atoms with Gasteiger partial charge in [-0.3, -0.25) is 0 Å². The number of hydrogen-bond acceptors (Lipinski definition) is 3. The van der Waals surface area contributed by atoms with Crippen molar-refractivity contribution in [1.29, 1.82) is 0 Å². The molecule has 0 radical (unpaired) electrons. The van der Waals surface area contributed by atoms with E-state index in [1.165, 1.54) is 0 Å². The number of phenolic OH excluding ortho intramolecular Hbond substituents is 1. The van der Waals surface area contributed by atoms with Crippen molar-refractivity contribution in [3.63, 3.8) is 0 Å². The minimum Gasteiger partial charge on any atom is -0.508 e. The molecule has 0 saturated carbocycles. The summed E-state index contributed by atoms with van der Waals surface area (Å²) in [6.45, 7) is 6.00. The molecule has 0 aliphatic carbocycles. The second-order valence-corrected chi connectivity index (χ2v) is 4.39. The Hall–Kier alpha value is -1.22. The van der Waals surface area contributed by atoms with E-state index in [0.717, 1.165) is 17.9 Å². The predicted octanol–water partition coefficient (Wildman–Crippen LogP) is 2.07. The summed E-state index contributed by atoms with van der Waals surface area (Å²) in [6, 6.07) is 5.57. The molecule has 1 atom stereocenters. The molecule has 0 aromatic heterocycles. The average molecular weight is 207 g/mol. The van der Waals surface area contributed by atoms with Gasteiger partial charge in [0.25, 0.3) is 0 Å². The molecule has 0 spiro atoms. The normalized spacial score (nSPS) is 19.0. The van der Waals surface area contributed by atoms with Gasteiger partial charge in [0.1, 0.15) is 18.1 Å². The zero-order valence-corrected chi connectivity index (χ0v) is 9.16. The molecule has 1 aliphatic heterocycles. The highest BCUT2D eigenvalue weighted by atomic mass is 16.5. The summed E-state index contributed by atoms with van der Waals surface area (Å²) in [6.07, 6.45) is 0. The van der Waals surface area contributed by atoms with Crippen molar-refractivity contribution in [3.05, 3.63) is 23.8 Å². The van der Waals surface area contributed by atoms with Crippen molar-refractivity contribution in [2.45, 2.75) is 19.9 Å². The molecule has 1 heterocycles. The molecular weight excluding hydrogens is 190 g/mol. The maximum absolute atomic E-state index is 9.30. The molecule has 2 rings (SSSR count). The van der Waals surface area contributed by atoms with E-state index in [4.69, 9.17) is 4.74 Å². The zero-order valence-electron chi connectivity index (χ0n) is 9.16. The molecule has 1 unspecified atom stereocenters. The Morgan fingerprint density at radius 3 is 3.07 bits per heavy atom. The molecule has 2 N–H and O–H groups in total. The standard InChI is InChI=1S/C12H17NO2/c1-8(2)6-13-11-7-15-12-5-9(14)3-4-10(11)12/h3-5,8,11,13-14H,6-7H2,1-2H3. The van der Waals surface area contributed by atoms with Gasteiger partial charge in [0.2, 0.25) is 0 Å².